The Hall–Kier alpha value is -1.99. The van der Waals surface area contributed by atoms with Crippen molar-refractivity contribution in [2.45, 2.75) is 26.3 Å². The van der Waals surface area contributed by atoms with Gasteiger partial charge in [0.05, 0.1) is 20.8 Å². The normalized spacial score (nSPS) is 16.1. The predicted octanol–water partition coefficient (Wildman–Crippen LogP) is 1.19. The van der Waals surface area contributed by atoms with Gasteiger partial charge in [0.25, 0.3) is 0 Å². The van der Waals surface area contributed by atoms with Crippen molar-refractivity contribution < 1.29 is 9.47 Å². The third kappa shape index (κ3) is 3.77. The zero-order valence-corrected chi connectivity index (χ0v) is 12.8. The van der Waals surface area contributed by atoms with Crippen LogP contribution in [0.15, 0.2) is 23.2 Å². The fraction of sp³-hybridized carbons (Fsp3) is 0.500. The Balaban J connectivity index is 2.09. The molecule has 0 aliphatic carbocycles. The van der Waals surface area contributed by atoms with Crippen LogP contribution in [0.4, 0.5) is 0 Å². The summed E-state index contributed by atoms with van der Waals surface area (Å²) in [5.74, 6) is 2.21. The largest absolute Gasteiger partial charge is 0.493 e. The number of methoxy groups -OCH3 is 2. The molecular formula is C14H23N5O2. The molecule has 0 spiro atoms. The average Bonchev–Trinajstić information content (AvgIpc) is 2.97. The van der Waals surface area contributed by atoms with Gasteiger partial charge in [-0.3, -0.25) is 10.4 Å². The van der Waals surface area contributed by atoms with Crippen LogP contribution in [0.3, 0.4) is 0 Å². The van der Waals surface area contributed by atoms with Crippen LogP contribution in [0, 0.1) is 0 Å². The van der Waals surface area contributed by atoms with E-state index in [1.54, 1.807) is 14.2 Å². The fourth-order valence-corrected chi connectivity index (χ4v) is 2.11. The van der Waals surface area contributed by atoms with Crippen molar-refractivity contribution in [2.24, 2.45) is 4.99 Å². The molecule has 0 aromatic heterocycles. The summed E-state index contributed by atoms with van der Waals surface area (Å²) in [5, 5.41) is 1.95. The number of para-hydroxylation sites is 1. The molecule has 1 aliphatic rings. The van der Waals surface area contributed by atoms with Gasteiger partial charge in [-0.15, -0.1) is 5.53 Å². The fourth-order valence-electron chi connectivity index (χ4n) is 2.11. The highest BCUT2D eigenvalue weighted by molar-refractivity contribution is 5.80. The van der Waals surface area contributed by atoms with Crippen LogP contribution in [-0.4, -0.2) is 31.7 Å². The first kappa shape index (κ1) is 15.4. The van der Waals surface area contributed by atoms with E-state index in [4.69, 9.17) is 9.47 Å². The molecule has 116 valence electrons. The Kier molecular flexibility index (Phi) is 5.65. The quantitative estimate of drug-likeness (QED) is 0.701. The average molecular weight is 293 g/mol. The lowest BCUT2D eigenvalue weighted by atomic mass is 10.2. The molecule has 0 unspecified atom stereocenters. The number of unbranched alkanes of at least 4 members (excludes halogenated alkanes) is 1. The van der Waals surface area contributed by atoms with Gasteiger partial charge in [-0.25, -0.2) is 4.99 Å². The minimum atomic E-state index is 0.509. The molecule has 2 rings (SSSR count). The maximum Gasteiger partial charge on any atom is 0.225 e. The highest BCUT2D eigenvalue weighted by Crippen LogP contribution is 2.31. The van der Waals surface area contributed by atoms with Crippen molar-refractivity contribution >= 4 is 5.96 Å². The van der Waals surface area contributed by atoms with Crippen LogP contribution >= 0.6 is 0 Å². The zero-order chi connectivity index (χ0) is 15.1. The Morgan fingerprint density at radius 3 is 2.81 bits per heavy atom. The predicted molar refractivity (Wildman–Crippen MR) is 81.7 cm³/mol. The van der Waals surface area contributed by atoms with Crippen LogP contribution in [0.5, 0.6) is 11.5 Å². The molecule has 7 nitrogen and oxygen atoms in total. The highest BCUT2D eigenvalue weighted by Gasteiger charge is 2.17. The van der Waals surface area contributed by atoms with Crippen LogP contribution in [0.1, 0.15) is 25.3 Å². The van der Waals surface area contributed by atoms with Crippen LogP contribution in [0.25, 0.3) is 0 Å². The van der Waals surface area contributed by atoms with Crippen LogP contribution < -0.4 is 26.0 Å². The van der Waals surface area contributed by atoms with Crippen LogP contribution in [-0.2, 0) is 6.54 Å². The first-order valence-corrected chi connectivity index (χ1v) is 7.08. The molecule has 3 N–H and O–H groups in total. The van der Waals surface area contributed by atoms with Gasteiger partial charge in [-0.2, -0.15) is 5.53 Å². The molecule has 1 aromatic rings. The summed E-state index contributed by atoms with van der Waals surface area (Å²) in [7, 11) is 3.27. The SMILES string of the molecule is CCCCN1NNNC1=NCc1cccc(OC)c1OC. The molecule has 0 radical (unpaired) electrons. The molecule has 1 saturated heterocycles. The van der Waals surface area contributed by atoms with E-state index in [-0.39, 0.29) is 0 Å². The third-order valence-electron chi connectivity index (χ3n) is 3.24. The zero-order valence-electron chi connectivity index (χ0n) is 12.8. The number of hydrazine groups is 3. The van der Waals surface area contributed by atoms with Crippen LogP contribution in [0.2, 0.25) is 0 Å². The Morgan fingerprint density at radius 2 is 2.10 bits per heavy atom. The van der Waals surface area contributed by atoms with Crippen molar-refractivity contribution in [3.63, 3.8) is 0 Å². The number of nitrogens with one attached hydrogen (secondary N) is 3. The molecule has 1 heterocycles. The Labute approximate surface area is 125 Å². The highest BCUT2D eigenvalue weighted by atomic mass is 16.5. The van der Waals surface area contributed by atoms with Gasteiger partial charge in [0, 0.05) is 12.1 Å². The smallest absolute Gasteiger partial charge is 0.225 e. The second-order valence-electron chi connectivity index (χ2n) is 4.66. The van der Waals surface area contributed by atoms with Crippen molar-refractivity contribution in [2.75, 3.05) is 20.8 Å². The number of aliphatic imine (C=N–C) groups is 1. The molecule has 0 atom stereocenters. The molecule has 7 heteroatoms. The summed E-state index contributed by atoms with van der Waals surface area (Å²) in [4.78, 5) is 4.58. The second kappa shape index (κ2) is 7.70. The van der Waals surface area contributed by atoms with E-state index in [0.717, 1.165) is 36.7 Å². The van der Waals surface area contributed by atoms with E-state index in [1.165, 1.54) is 0 Å². The minimum Gasteiger partial charge on any atom is -0.493 e. The number of benzene rings is 1. The lowest BCUT2D eigenvalue weighted by Crippen LogP contribution is -2.38. The molecule has 1 fully saturated rings. The maximum atomic E-state index is 5.41. The van der Waals surface area contributed by atoms with Gasteiger partial charge < -0.3 is 9.47 Å². The summed E-state index contributed by atoms with van der Waals surface area (Å²) in [5.41, 5.74) is 9.85. The summed E-state index contributed by atoms with van der Waals surface area (Å²) in [6.45, 7) is 3.56. The summed E-state index contributed by atoms with van der Waals surface area (Å²) >= 11 is 0. The van der Waals surface area contributed by atoms with Crippen molar-refractivity contribution in [1.82, 2.24) is 21.5 Å². The second-order valence-corrected chi connectivity index (χ2v) is 4.66. The monoisotopic (exact) mass is 293 g/mol. The molecular weight excluding hydrogens is 270 g/mol. The topological polar surface area (TPSA) is 70.2 Å². The van der Waals surface area contributed by atoms with E-state index in [0.29, 0.717) is 12.3 Å². The van der Waals surface area contributed by atoms with Gasteiger partial charge in [0.15, 0.2) is 11.5 Å². The van der Waals surface area contributed by atoms with E-state index in [2.05, 4.69) is 28.4 Å². The number of rotatable bonds is 7. The minimum absolute atomic E-state index is 0.509. The first-order valence-electron chi connectivity index (χ1n) is 7.08. The number of guanidine groups is 1. The van der Waals surface area contributed by atoms with E-state index in [9.17, 15) is 0 Å². The van der Waals surface area contributed by atoms with Gasteiger partial charge in [0.2, 0.25) is 5.96 Å². The van der Waals surface area contributed by atoms with Crippen molar-refractivity contribution in [1.29, 1.82) is 0 Å². The lowest BCUT2D eigenvalue weighted by molar-refractivity contribution is 0.296. The lowest BCUT2D eigenvalue weighted by Gasteiger charge is -2.15. The molecule has 21 heavy (non-hydrogen) atoms. The molecule has 0 saturated carbocycles. The molecule has 0 bridgehead atoms. The van der Waals surface area contributed by atoms with Gasteiger partial charge >= 0.3 is 0 Å². The maximum absolute atomic E-state index is 5.41. The molecule has 1 aromatic carbocycles. The Morgan fingerprint density at radius 1 is 1.24 bits per heavy atom. The third-order valence-corrected chi connectivity index (χ3v) is 3.24. The number of hydrogen-bond donors (Lipinski definition) is 3. The van der Waals surface area contributed by atoms with Crippen molar-refractivity contribution in [3.05, 3.63) is 23.8 Å². The number of ether oxygens (including phenoxy) is 2. The standard InChI is InChI=1S/C14H23N5O2/c1-4-5-9-19-14(16-17-18-19)15-10-11-7-6-8-12(20-2)13(11)21-3/h6-8,17-18H,4-5,9-10H2,1-3H3,(H,15,16). The van der Waals surface area contributed by atoms with Gasteiger partial charge in [-0.05, 0) is 12.5 Å². The summed E-state index contributed by atoms with van der Waals surface area (Å²) < 4.78 is 10.7. The summed E-state index contributed by atoms with van der Waals surface area (Å²) in [6, 6.07) is 5.79. The van der Waals surface area contributed by atoms with E-state index < -0.39 is 0 Å². The van der Waals surface area contributed by atoms with E-state index >= 15 is 0 Å². The molecule has 1 aliphatic heterocycles. The first-order chi connectivity index (χ1) is 10.3. The number of hydrogen-bond acceptors (Lipinski definition) is 5. The van der Waals surface area contributed by atoms with Gasteiger partial charge in [-0.1, -0.05) is 25.5 Å². The summed E-state index contributed by atoms with van der Waals surface area (Å²) in [6.07, 6.45) is 2.23. The number of nitrogens with zero attached hydrogens (tertiary/aromatic N) is 2. The van der Waals surface area contributed by atoms with Crippen molar-refractivity contribution in [3.8, 4) is 11.5 Å². The van der Waals surface area contributed by atoms with E-state index in [1.807, 2.05) is 23.2 Å². The molecule has 0 amide bonds. The Bertz CT molecular complexity index is 492. The van der Waals surface area contributed by atoms with Gasteiger partial charge in [0.1, 0.15) is 0 Å².